The molecule has 1 aliphatic rings. The predicted molar refractivity (Wildman–Crippen MR) is 46.0 cm³/mol. The van der Waals surface area contributed by atoms with Crippen molar-refractivity contribution in [2.24, 2.45) is 11.7 Å². The van der Waals surface area contributed by atoms with Crippen LogP contribution in [-0.2, 0) is 9.59 Å². The van der Waals surface area contributed by atoms with Crippen molar-refractivity contribution in [2.75, 3.05) is 19.6 Å². The molecule has 0 aromatic heterocycles. The van der Waals surface area contributed by atoms with Crippen LogP contribution in [0, 0.1) is 5.92 Å². The van der Waals surface area contributed by atoms with Gasteiger partial charge in [-0.05, 0) is 12.8 Å². The molecule has 13 heavy (non-hydrogen) atoms. The van der Waals surface area contributed by atoms with Crippen molar-refractivity contribution in [3.8, 4) is 0 Å². The van der Waals surface area contributed by atoms with Crippen LogP contribution in [-0.4, -0.2) is 41.5 Å². The molecule has 0 unspecified atom stereocenters. The predicted octanol–water partition coefficient (Wildman–Crippen LogP) is -0.732. The van der Waals surface area contributed by atoms with Gasteiger partial charge in [0.2, 0.25) is 5.91 Å². The molecule has 1 fully saturated rings. The van der Waals surface area contributed by atoms with Gasteiger partial charge in [0.25, 0.3) is 0 Å². The lowest BCUT2D eigenvalue weighted by atomic mass is 9.98. The molecule has 0 saturated carbocycles. The van der Waals surface area contributed by atoms with Gasteiger partial charge in [-0.1, -0.05) is 0 Å². The zero-order valence-corrected chi connectivity index (χ0v) is 7.40. The Hall–Kier alpha value is -1.10. The molecule has 1 heterocycles. The maximum absolute atomic E-state index is 11.1. The van der Waals surface area contributed by atoms with Crippen LogP contribution < -0.4 is 5.73 Å². The maximum Gasteiger partial charge on any atom is 0.308 e. The summed E-state index contributed by atoms with van der Waals surface area (Å²) in [5.41, 5.74) is 5.19. The Morgan fingerprint density at radius 2 is 2.23 bits per heavy atom. The first-order valence-corrected chi connectivity index (χ1v) is 4.35. The van der Waals surface area contributed by atoms with Crippen molar-refractivity contribution >= 4 is 11.9 Å². The van der Waals surface area contributed by atoms with Gasteiger partial charge in [0.05, 0.1) is 12.5 Å². The Kier molecular flexibility index (Phi) is 3.25. The Morgan fingerprint density at radius 1 is 1.54 bits per heavy atom. The molecule has 0 spiro atoms. The van der Waals surface area contributed by atoms with Crippen LogP contribution in [0.5, 0.6) is 0 Å². The van der Waals surface area contributed by atoms with Crippen molar-refractivity contribution in [3.05, 3.63) is 0 Å². The molecule has 1 rings (SSSR count). The third-order valence-electron chi connectivity index (χ3n) is 2.30. The van der Waals surface area contributed by atoms with Crippen LogP contribution in [0.1, 0.15) is 12.8 Å². The van der Waals surface area contributed by atoms with Gasteiger partial charge >= 0.3 is 5.97 Å². The Balaban J connectivity index is 2.51. The second-order valence-corrected chi connectivity index (χ2v) is 3.22. The Morgan fingerprint density at radius 3 is 2.77 bits per heavy atom. The molecule has 0 radical (unpaired) electrons. The number of carbonyl (C=O) groups is 2. The number of nitrogens with two attached hydrogens (primary N) is 1. The van der Waals surface area contributed by atoms with Crippen molar-refractivity contribution in [2.45, 2.75) is 12.8 Å². The highest BCUT2D eigenvalue weighted by molar-refractivity contribution is 5.79. The first-order valence-electron chi connectivity index (χ1n) is 4.35. The van der Waals surface area contributed by atoms with E-state index in [-0.39, 0.29) is 12.5 Å². The molecule has 0 aliphatic carbocycles. The summed E-state index contributed by atoms with van der Waals surface area (Å²) in [6.45, 7) is 0.914. The van der Waals surface area contributed by atoms with E-state index in [0.717, 1.165) is 6.42 Å². The highest BCUT2D eigenvalue weighted by atomic mass is 16.4. The molecular formula is C8H14N2O3. The van der Waals surface area contributed by atoms with Crippen LogP contribution in [0.4, 0.5) is 0 Å². The molecule has 0 aromatic rings. The normalized spacial score (nSPS) is 22.8. The second kappa shape index (κ2) is 4.23. The van der Waals surface area contributed by atoms with E-state index < -0.39 is 11.9 Å². The number of carboxylic acid groups (broad SMARTS) is 1. The van der Waals surface area contributed by atoms with E-state index in [2.05, 4.69) is 0 Å². The summed E-state index contributed by atoms with van der Waals surface area (Å²) in [5.74, 6) is -1.40. The smallest absolute Gasteiger partial charge is 0.308 e. The van der Waals surface area contributed by atoms with E-state index in [9.17, 15) is 9.59 Å². The summed E-state index contributed by atoms with van der Waals surface area (Å²) in [6, 6.07) is 0. The monoisotopic (exact) mass is 186 g/mol. The minimum Gasteiger partial charge on any atom is -0.481 e. The van der Waals surface area contributed by atoms with Crippen LogP contribution in [0.15, 0.2) is 0 Å². The van der Waals surface area contributed by atoms with Gasteiger partial charge in [0, 0.05) is 13.1 Å². The molecule has 1 amide bonds. The van der Waals surface area contributed by atoms with E-state index in [1.165, 1.54) is 4.90 Å². The van der Waals surface area contributed by atoms with Gasteiger partial charge in [-0.2, -0.15) is 0 Å². The first kappa shape index (κ1) is 9.98. The Bertz CT molecular complexity index is 217. The fourth-order valence-corrected chi connectivity index (χ4v) is 1.53. The number of nitrogens with zero attached hydrogens (tertiary/aromatic N) is 1. The van der Waals surface area contributed by atoms with Crippen molar-refractivity contribution in [1.82, 2.24) is 4.90 Å². The number of amides is 1. The molecule has 1 saturated heterocycles. The van der Waals surface area contributed by atoms with Gasteiger partial charge < -0.3 is 15.7 Å². The van der Waals surface area contributed by atoms with Crippen molar-refractivity contribution < 1.29 is 14.7 Å². The largest absolute Gasteiger partial charge is 0.481 e. The number of hydrogen-bond donors (Lipinski definition) is 2. The average Bonchev–Trinajstić information content (AvgIpc) is 2.17. The topological polar surface area (TPSA) is 83.6 Å². The van der Waals surface area contributed by atoms with Gasteiger partial charge in [-0.25, -0.2) is 0 Å². The first-order chi connectivity index (χ1) is 6.15. The summed E-state index contributed by atoms with van der Waals surface area (Å²) in [5, 5.41) is 8.74. The molecule has 74 valence electrons. The summed E-state index contributed by atoms with van der Waals surface area (Å²) in [7, 11) is 0. The zero-order valence-electron chi connectivity index (χ0n) is 7.40. The van der Waals surface area contributed by atoms with E-state index in [1.807, 2.05) is 0 Å². The van der Waals surface area contributed by atoms with E-state index in [1.54, 1.807) is 0 Å². The fraction of sp³-hybridized carbons (Fsp3) is 0.750. The molecule has 0 aromatic carbocycles. The van der Waals surface area contributed by atoms with Crippen LogP contribution >= 0.6 is 0 Å². The molecule has 1 atom stereocenters. The highest BCUT2D eigenvalue weighted by Gasteiger charge is 2.27. The van der Waals surface area contributed by atoms with Gasteiger partial charge in [-0.15, -0.1) is 0 Å². The SMILES string of the molecule is NCC(=O)N1CCC[C@H](C(=O)O)C1. The fourth-order valence-electron chi connectivity index (χ4n) is 1.53. The van der Waals surface area contributed by atoms with Crippen LogP contribution in [0.25, 0.3) is 0 Å². The second-order valence-electron chi connectivity index (χ2n) is 3.22. The maximum atomic E-state index is 11.1. The number of rotatable bonds is 2. The molecule has 1 aliphatic heterocycles. The quantitative estimate of drug-likeness (QED) is 0.595. The minimum atomic E-state index is -0.825. The van der Waals surface area contributed by atoms with E-state index >= 15 is 0 Å². The van der Waals surface area contributed by atoms with Crippen molar-refractivity contribution in [3.63, 3.8) is 0 Å². The average molecular weight is 186 g/mol. The number of hydrogen-bond acceptors (Lipinski definition) is 3. The molecular weight excluding hydrogens is 172 g/mol. The summed E-state index contributed by atoms with van der Waals surface area (Å²) in [6.07, 6.45) is 1.41. The van der Waals surface area contributed by atoms with E-state index in [4.69, 9.17) is 10.8 Å². The minimum absolute atomic E-state index is 0.0354. The van der Waals surface area contributed by atoms with Gasteiger partial charge in [0.15, 0.2) is 0 Å². The summed E-state index contributed by atoms with van der Waals surface area (Å²) >= 11 is 0. The summed E-state index contributed by atoms with van der Waals surface area (Å²) in [4.78, 5) is 23.3. The third-order valence-corrected chi connectivity index (χ3v) is 2.30. The number of piperidine rings is 1. The lowest BCUT2D eigenvalue weighted by molar-refractivity contribution is -0.145. The lowest BCUT2D eigenvalue weighted by Gasteiger charge is -2.30. The molecule has 3 N–H and O–H groups in total. The Labute approximate surface area is 76.5 Å². The number of likely N-dealkylation sites (tertiary alicyclic amines) is 1. The third kappa shape index (κ3) is 2.42. The lowest BCUT2D eigenvalue weighted by Crippen LogP contribution is -2.44. The van der Waals surface area contributed by atoms with Crippen molar-refractivity contribution in [1.29, 1.82) is 0 Å². The number of aliphatic carboxylic acids is 1. The molecule has 5 nitrogen and oxygen atoms in total. The van der Waals surface area contributed by atoms with Gasteiger partial charge in [0.1, 0.15) is 0 Å². The van der Waals surface area contributed by atoms with E-state index in [0.29, 0.717) is 19.5 Å². The van der Waals surface area contributed by atoms with Gasteiger partial charge in [-0.3, -0.25) is 9.59 Å². The number of carboxylic acids is 1. The summed E-state index contributed by atoms with van der Waals surface area (Å²) < 4.78 is 0. The standard InChI is InChI=1S/C8H14N2O3/c9-4-7(11)10-3-1-2-6(5-10)8(12)13/h6H,1-5,9H2,(H,12,13)/t6-/m0/s1. The molecule has 0 bridgehead atoms. The van der Waals surface area contributed by atoms with Crippen LogP contribution in [0.2, 0.25) is 0 Å². The molecule has 5 heteroatoms. The van der Waals surface area contributed by atoms with Crippen LogP contribution in [0.3, 0.4) is 0 Å². The zero-order chi connectivity index (χ0) is 9.84. The number of carbonyl (C=O) groups excluding carboxylic acids is 1. The highest BCUT2D eigenvalue weighted by Crippen LogP contribution is 2.16.